The van der Waals surface area contributed by atoms with Crippen LogP contribution >= 0.6 is 0 Å². The first-order valence-electron chi connectivity index (χ1n) is 8.72. The summed E-state index contributed by atoms with van der Waals surface area (Å²) < 4.78 is 0. The van der Waals surface area contributed by atoms with Gasteiger partial charge in [0.05, 0.1) is 0 Å². The fourth-order valence-corrected chi connectivity index (χ4v) is 3.57. The monoisotopic (exact) mass is 285 g/mol. The zero-order valence-corrected chi connectivity index (χ0v) is 13.8. The summed E-state index contributed by atoms with van der Waals surface area (Å²) in [7, 11) is 0. The fourth-order valence-electron chi connectivity index (χ4n) is 3.57. The SMILES string of the molecule is C=C(Cc1ccc(CC)cc1)NCC1CCCCC1CC. The third-order valence-corrected chi connectivity index (χ3v) is 5.05. The average molecular weight is 285 g/mol. The summed E-state index contributed by atoms with van der Waals surface area (Å²) >= 11 is 0. The second-order valence-electron chi connectivity index (χ2n) is 6.54. The molecule has 1 fully saturated rings. The predicted octanol–water partition coefficient (Wildman–Crippen LogP) is 5.11. The minimum Gasteiger partial charge on any atom is -0.388 e. The van der Waals surface area contributed by atoms with E-state index < -0.39 is 0 Å². The van der Waals surface area contributed by atoms with Gasteiger partial charge < -0.3 is 5.32 Å². The molecule has 21 heavy (non-hydrogen) atoms. The Hall–Kier alpha value is -1.24. The van der Waals surface area contributed by atoms with Crippen LogP contribution in [0.1, 0.15) is 57.1 Å². The second kappa shape index (κ2) is 8.26. The first-order chi connectivity index (χ1) is 10.2. The number of rotatable bonds is 7. The van der Waals surface area contributed by atoms with Crippen LogP contribution < -0.4 is 5.32 Å². The largest absolute Gasteiger partial charge is 0.388 e. The molecule has 2 unspecified atom stereocenters. The van der Waals surface area contributed by atoms with E-state index in [1.54, 1.807) is 0 Å². The van der Waals surface area contributed by atoms with E-state index in [2.05, 4.69) is 50.0 Å². The normalized spacial score (nSPS) is 22.0. The Morgan fingerprint density at radius 3 is 2.29 bits per heavy atom. The summed E-state index contributed by atoms with van der Waals surface area (Å²) in [5.74, 6) is 1.77. The molecule has 2 rings (SSSR count). The van der Waals surface area contributed by atoms with Gasteiger partial charge in [-0.1, -0.05) is 70.4 Å². The number of nitrogens with one attached hydrogen (secondary N) is 1. The molecule has 0 spiro atoms. The molecule has 1 aromatic rings. The van der Waals surface area contributed by atoms with Gasteiger partial charge in [0, 0.05) is 18.7 Å². The van der Waals surface area contributed by atoms with Crippen molar-refractivity contribution in [3.05, 3.63) is 47.7 Å². The van der Waals surface area contributed by atoms with Gasteiger partial charge in [-0.2, -0.15) is 0 Å². The Morgan fingerprint density at radius 1 is 1.05 bits per heavy atom. The molecule has 2 atom stereocenters. The number of hydrogen-bond acceptors (Lipinski definition) is 1. The third kappa shape index (κ3) is 4.91. The molecule has 1 heteroatoms. The van der Waals surface area contributed by atoms with Crippen LogP contribution in [-0.2, 0) is 12.8 Å². The van der Waals surface area contributed by atoms with Gasteiger partial charge in [-0.05, 0) is 35.8 Å². The standard InChI is InChI=1S/C20H31N/c1-4-17-10-12-18(13-11-17)14-16(3)21-15-20-9-7-6-8-19(20)5-2/h10-13,19-21H,3-9,14-15H2,1-2H3. The molecule has 1 nitrogen and oxygen atoms in total. The van der Waals surface area contributed by atoms with Crippen molar-refractivity contribution >= 4 is 0 Å². The summed E-state index contributed by atoms with van der Waals surface area (Å²) in [4.78, 5) is 0. The lowest BCUT2D eigenvalue weighted by Gasteiger charge is -2.31. The Morgan fingerprint density at radius 2 is 1.67 bits per heavy atom. The van der Waals surface area contributed by atoms with Crippen molar-refractivity contribution in [3.63, 3.8) is 0 Å². The van der Waals surface area contributed by atoms with Gasteiger partial charge in [-0.3, -0.25) is 0 Å². The van der Waals surface area contributed by atoms with Crippen LogP contribution in [0.4, 0.5) is 0 Å². The van der Waals surface area contributed by atoms with Crippen LogP contribution in [0.3, 0.4) is 0 Å². The van der Waals surface area contributed by atoms with E-state index in [-0.39, 0.29) is 0 Å². The van der Waals surface area contributed by atoms with Gasteiger partial charge in [-0.25, -0.2) is 0 Å². The van der Waals surface area contributed by atoms with Crippen molar-refractivity contribution in [2.45, 2.75) is 58.8 Å². The molecule has 0 saturated heterocycles. The van der Waals surface area contributed by atoms with Gasteiger partial charge in [0.15, 0.2) is 0 Å². The average Bonchev–Trinajstić information content (AvgIpc) is 2.54. The van der Waals surface area contributed by atoms with Crippen LogP contribution in [0.5, 0.6) is 0 Å². The maximum Gasteiger partial charge on any atom is 0.0174 e. The molecule has 0 bridgehead atoms. The highest BCUT2D eigenvalue weighted by molar-refractivity contribution is 5.25. The molecule has 0 radical (unpaired) electrons. The Labute approximate surface area is 130 Å². The van der Waals surface area contributed by atoms with Crippen molar-refractivity contribution < 1.29 is 0 Å². The zero-order chi connectivity index (χ0) is 15.1. The van der Waals surface area contributed by atoms with Crippen molar-refractivity contribution in [3.8, 4) is 0 Å². The van der Waals surface area contributed by atoms with E-state index in [1.807, 2.05) is 0 Å². The van der Waals surface area contributed by atoms with E-state index >= 15 is 0 Å². The van der Waals surface area contributed by atoms with Gasteiger partial charge in [0.1, 0.15) is 0 Å². The fraction of sp³-hybridized carbons (Fsp3) is 0.600. The third-order valence-electron chi connectivity index (χ3n) is 5.05. The molecular weight excluding hydrogens is 254 g/mol. The molecule has 1 aliphatic rings. The molecule has 1 aromatic carbocycles. The Kier molecular flexibility index (Phi) is 6.35. The molecule has 0 aromatic heterocycles. The van der Waals surface area contributed by atoms with Gasteiger partial charge in [0.25, 0.3) is 0 Å². The topological polar surface area (TPSA) is 12.0 Å². The van der Waals surface area contributed by atoms with Gasteiger partial charge in [0.2, 0.25) is 0 Å². The first kappa shape index (κ1) is 16.1. The maximum atomic E-state index is 4.22. The molecular formula is C20H31N. The predicted molar refractivity (Wildman–Crippen MR) is 92.4 cm³/mol. The van der Waals surface area contributed by atoms with Crippen LogP contribution in [0.25, 0.3) is 0 Å². The summed E-state index contributed by atoms with van der Waals surface area (Å²) in [6, 6.07) is 8.94. The second-order valence-corrected chi connectivity index (χ2v) is 6.54. The molecule has 1 aliphatic carbocycles. The Balaban J connectivity index is 1.78. The number of aryl methyl sites for hydroxylation is 1. The van der Waals surface area contributed by atoms with Crippen molar-refractivity contribution in [1.29, 1.82) is 0 Å². The zero-order valence-electron chi connectivity index (χ0n) is 13.8. The molecule has 1 saturated carbocycles. The first-order valence-corrected chi connectivity index (χ1v) is 8.72. The smallest absolute Gasteiger partial charge is 0.0174 e. The van der Waals surface area contributed by atoms with E-state index in [0.29, 0.717) is 0 Å². The molecule has 0 amide bonds. The quantitative estimate of drug-likeness (QED) is 0.734. The van der Waals surface area contributed by atoms with Gasteiger partial charge in [-0.15, -0.1) is 0 Å². The molecule has 1 N–H and O–H groups in total. The molecule has 0 heterocycles. The summed E-state index contributed by atoms with van der Waals surface area (Å²) in [6.45, 7) is 9.87. The minimum atomic E-state index is 0.850. The highest BCUT2D eigenvalue weighted by Crippen LogP contribution is 2.31. The van der Waals surface area contributed by atoms with Crippen LogP contribution in [0.15, 0.2) is 36.5 Å². The van der Waals surface area contributed by atoms with Crippen molar-refractivity contribution in [2.75, 3.05) is 6.54 Å². The van der Waals surface area contributed by atoms with E-state index in [4.69, 9.17) is 0 Å². The lowest BCUT2D eigenvalue weighted by Crippen LogP contribution is -2.30. The van der Waals surface area contributed by atoms with Crippen LogP contribution in [0.2, 0.25) is 0 Å². The van der Waals surface area contributed by atoms with E-state index in [0.717, 1.165) is 31.2 Å². The summed E-state index contributed by atoms with van der Waals surface area (Å²) in [5, 5.41) is 3.60. The van der Waals surface area contributed by atoms with Gasteiger partial charge >= 0.3 is 0 Å². The maximum absolute atomic E-state index is 4.22. The highest BCUT2D eigenvalue weighted by atomic mass is 14.9. The van der Waals surface area contributed by atoms with E-state index in [1.165, 1.54) is 48.9 Å². The molecule has 116 valence electrons. The molecule has 0 aliphatic heterocycles. The number of benzene rings is 1. The summed E-state index contributed by atoms with van der Waals surface area (Å²) in [5.41, 5.74) is 3.94. The minimum absolute atomic E-state index is 0.850. The lowest BCUT2D eigenvalue weighted by molar-refractivity contribution is 0.228. The number of hydrogen-bond donors (Lipinski definition) is 1. The van der Waals surface area contributed by atoms with Crippen LogP contribution in [0, 0.1) is 11.8 Å². The van der Waals surface area contributed by atoms with Crippen molar-refractivity contribution in [2.24, 2.45) is 11.8 Å². The van der Waals surface area contributed by atoms with Crippen molar-refractivity contribution in [1.82, 2.24) is 5.32 Å². The lowest BCUT2D eigenvalue weighted by atomic mass is 9.78. The number of allylic oxidation sites excluding steroid dienone is 1. The highest BCUT2D eigenvalue weighted by Gasteiger charge is 2.23. The summed E-state index contributed by atoms with van der Waals surface area (Å²) in [6.07, 6.45) is 9.05. The Bertz CT molecular complexity index is 432. The van der Waals surface area contributed by atoms with Crippen LogP contribution in [-0.4, -0.2) is 6.54 Å². The van der Waals surface area contributed by atoms with E-state index in [9.17, 15) is 0 Å².